The molecule has 12 heteroatoms. The third kappa shape index (κ3) is 14.1. The van der Waals surface area contributed by atoms with Gasteiger partial charge < -0.3 is 13.7 Å². The van der Waals surface area contributed by atoms with E-state index in [0.29, 0.717) is 17.5 Å². The zero-order chi connectivity index (χ0) is 92.2. The van der Waals surface area contributed by atoms with Gasteiger partial charge in [-0.25, -0.2) is 19.9 Å². The second-order valence-corrected chi connectivity index (χ2v) is 39.6. The summed E-state index contributed by atoms with van der Waals surface area (Å²) in [6.45, 7) is 0. The lowest BCUT2D eigenvalue weighted by Crippen LogP contribution is -2.00. The van der Waals surface area contributed by atoms with Crippen molar-refractivity contribution in [1.29, 1.82) is 0 Å². The molecule has 0 radical (unpaired) electrons. The number of thiophene rings is 4. The number of para-hydroxylation sites is 6. The van der Waals surface area contributed by atoms with Crippen LogP contribution < -0.4 is 0 Å². The number of nitrogens with zero attached hydrogens (tertiary/aromatic N) is 8. The van der Waals surface area contributed by atoms with Gasteiger partial charge in [0.05, 0.1) is 43.3 Å². The molecule has 0 aliphatic rings. The molecule has 30 rings (SSSR count). The lowest BCUT2D eigenvalue weighted by Gasteiger charge is -2.12. The summed E-state index contributed by atoms with van der Waals surface area (Å²) in [5.74, 6) is 2.89. The Labute approximate surface area is 820 Å². The molecule has 0 spiro atoms. The molecule has 10 aromatic heterocycles. The van der Waals surface area contributed by atoms with Gasteiger partial charge in [-0.3, -0.25) is 4.57 Å². The third-order valence-electron chi connectivity index (χ3n) is 27.3. The van der Waals surface area contributed by atoms with Crippen molar-refractivity contribution < 1.29 is 0 Å². The highest BCUT2D eigenvalue weighted by molar-refractivity contribution is 7.27. The van der Waals surface area contributed by atoms with Crippen molar-refractivity contribution >= 4 is 213 Å². The molecule has 8 nitrogen and oxygen atoms in total. The van der Waals surface area contributed by atoms with Crippen LogP contribution in [0.5, 0.6) is 0 Å². The number of benzene rings is 20. The normalized spacial score (nSPS) is 11.7. The summed E-state index contributed by atoms with van der Waals surface area (Å²) >= 11 is 7.51. The molecule has 0 aliphatic heterocycles. The molecule has 0 saturated carbocycles. The summed E-state index contributed by atoms with van der Waals surface area (Å²) in [6.07, 6.45) is 2.02. The third-order valence-corrected chi connectivity index (χ3v) is 31.9. The lowest BCUT2D eigenvalue weighted by atomic mass is 9.94. The Bertz CT molecular complexity index is 9590. The molecule has 140 heavy (non-hydrogen) atoms. The molecule has 0 fully saturated rings. The Balaban J connectivity index is 0.0000000967. The first-order valence-electron chi connectivity index (χ1n) is 47.1. The van der Waals surface area contributed by atoms with Gasteiger partial charge in [-0.05, 0) is 190 Å². The Morgan fingerprint density at radius 2 is 0.507 bits per heavy atom. The number of hydrogen-bond donors (Lipinski definition) is 0. The van der Waals surface area contributed by atoms with Crippen molar-refractivity contribution in [3.05, 3.63) is 485 Å². The molecular weight excluding hydrogens is 1780 g/mol. The summed E-state index contributed by atoms with van der Waals surface area (Å²) in [4.78, 5) is 21.1. The maximum Gasteiger partial charge on any atom is 0.164 e. The average molecular weight is 1860 g/mol. The van der Waals surface area contributed by atoms with E-state index in [1.807, 2.05) is 112 Å². The summed E-state index contributed by atoms with van der Waals surface area (Å²) in [6, 6.07) is 171. The van der Waals surface area contributed by atoms with Gasteiger partial charge in [0.2, 0.25) is 0 Å². The van der Waals surface area contributed by atoms with Crippen molar-refractivity contribution in [2.24, 2.45) is 0 Å². The van der Waals surface area contributed by atoms with E-state index in [4.69, 9.17) is 19.9 Å². The molecule has 0 unspecified atom stereocenters. The van der Waals surface area contributed by atoms with Crippen LogP contribution in [0.2, 0.25) is 0 Å². The van der Waals surface area contributed by atoms with Crippen LogP contribution in [0.15, 0.2) is 485 Å². The predicted octanol–water partition coefficient (Wildman–Crippen LogP) is 36.2. The Kier molecular flexibility index (Phi) is 20.2. The molecule has 10 heterocycles. The highest BCUT2D eigenvalue weighted by atomic mass is 32.1. The monoisotopic (exact) mass is 1860 g/mol. The first kappa shape index (κ1) is 82.1. The highest BCUT2D eigenvalue weighted by Gasteiger charge is 2.26. The minimum absolute atomic E-state index is 0.651. The summed E-state index contributed by atoms with van der Waals surface area (Å²) in [5.41, 5.74) is 22.0. The molecule has 0 bridgehead atoms. The predicted molar refractivity (Wildman–Crippen MR) is 598 cm³/mol. The fourth-order valence-corrected chi connectivity index (χ4v) is 25.7. The second kappa shape index (κ2) is 34.5. The van der Waals surface area contributed by atoms with Gasteiger partial charge in [0.1, 0.15) is 10.6 Å². The molecule has 0 amide bonds. The molecular formula is C128H80N8S4. The van der Waals surface area contributed by atoms with Gasteiger partial charge >= 0.3 is 0 Å². The average Bonchev–Trinajstić information content (AvgIpc) is 1.54. The van der Waals surface area contributed by atoms with E-state index in [1.165, 1.54) is 202 Å². The molecule has 0 N–H and O–H groups in total. The number of rotatable bonds is 10. The minimum Gasteiger partial charge on any atom is -0.309 e. The Morgan fingerprint density at radius 1 is 0.171 bits per heavy atom. The Morgan fingerprint density at radius 3 is 0.993 bits per heavy atom. The van der Waals surface area contributed by atoms with E-state index < -0.39 is 0 Å². The molecule has 20 aromatic carbocycles. The van der Waals surface area contributed by atoms with Gasteiger partial charge in [0.25, 0.3) is 0 Å². The zero-order valence-electron chi connectivity index (χ0n) is 75.4. The second-order valence-electron chi connectivity index (χ2n) is 35.4. The molecule has 656 valence electrons. The van der Waals surface area contributed by atoms with Crippen molar-refractivity contribution in [2.45, 2.75) is 0 Å². The first-order valence-corrected chi connectivity index (χ1v) is 50.4. The van der Waals surface area contributed by atoms with Crippen LogP contribution in [0.4, 0.5) is 0 Å². The van der Waals surface area contributed by atoms with Gasteiger partial charge in [0.15, 0.2) is 17.5 Å². The molecule has 0 atom stereocenters. The minimum atomic E-state index is 0.651. The zero-order valence-corrected chi connectivity index (χ0v) is 78.7. The Hall–Kier alpha value is -17.4. The van der Waals surface area contributed by atoms with Crippen LogP contribution >= 0.6 is 45.3 Å². The van der Waals surface area contributed by atoms with Crippen molar-refractivity contribution in [3.8, 4) is 90.4 Å². The van der Waals surface area contributed by atoms with Crippen molar-refractivity contribution in [3.63, 3.8) is 0 Å². The van der Waals surface area contributed by atoms with Crippen LogP contribution in [-0.4, -0.2) is 38.2 Å². The van der Waals surface area contributed by atoms with E-state index in [0.717, 1.165) is 39.3 Å². The smallest absolute Gasteiger partial charge is 0.164 e. The van der Waals surface area contributed by atoms with E-state index >= 15 is 0 Å². The van der Waals surface area contributed by atoms with Crippen molar-refractivity contribution in [1.82, 2.24) is 38.2 Å². The SMILES string of the molecule is c1ccc(-c2cc(-c3ccccc3)cc(-c3ccc(-n4c5ccccc5c5cc6sc7ccccc7c6cc54)nc3)c2)cc1.c1ccc(-c2nc(-c3ccccc3)nc(-c3ccc(-n4c5ccccc5c5cc6sc7ccccc7c6cc54)cc3)n2)cc1.c1ccc(-n2c3ccccc3c3c4ccccc4c4c5ccccc5sc4c32)cc1.c1ccc(-n2c3ccccc3c3c4ccccc4sc32)cc1. The lowest BCUT2D eigenvalue weighted by molar-refractivity contribution is 1.07. The van der Waals surface area contributed by atoms with E-state index in [2.05, 4.69) is 437 Å². The van der Waals surface area contributed by atoms with Gasteiger partial charge in [-0.1, -0.05) is 328 Å². The van der Waals surface area contributed by atoms with E-state index in [1.54, 1.807) is 0 Å². The standard InChI is InChI=1S/C41H26N2S.C39H24N4S.C28H17NS.C20H13NS/c1-3-11-27(12-4-1)30-21-31(28-13-5-2-6-14-28)23-32(22-30)29-19-20-41(42-26-29)43-37-17-9-7-15-33(37)35-25-40-36(24-38(35)43)34-16-8-10-18-39(34)44-40;1-3-11-25(12-4-1)37-40-38(26-13-5-2-6-14-26)42-39(41-37)27-19-21-28(22-20-27)43-33-17-9-7-15-29(33)31-24-36-32(23-34(31)43)30-16-8-10-18-35(30)44-36;1-2-10-18(11-3-1)29-23-16-8-6-14-21(23)25-19-12-4-5-13-20(19)26-22-15-7-9-17-24(22)30-28(26)27(25)29;1-2-8-14(9-3-1)21-17-12-6-4-10-15(17)19-16-11-5-7-13-18(16)22-20(19)21/h1-26H;1-24H;1-17H;1-13H. The summed E-state index contributed by atoms with van der Waals surface area (Å²) in [7, 11) is 0. The molecule has 0 saturated heterocycles. The van der Waals surface area contributed by atoms with Crippen molar-refractivity contribution in [2.75, 3.05) is 0 Å². The summed E-state index contributed by atoms with van der Waals surface area (Å²) < 4.78 is 18.9. The quantitative estimate of drug-likeness (QED) is 0.137. The van der Waals surface area contributed by atoms with Crippen LogP contribution in [0.3, 0.4) is 0 Å². The maximum absolute atomic E-state index is 5.10. The van der Waals surface area contributed by atoms with Crippen LogP contribution in [-0.2, 0) is 0 Å². The number of fused-ring (bicyclic) bond motifs is 27. The van der Waals surface area contributed by atoms with E-state index in [9.17, 15) is 0 Å². The number of pyridine rings is 1. The van der Waals surface area contributed by atoms with Gasteiger partial charge in [-0.15, -0.1) is 45.3 Å². The van der Waals surface area contributed by atoms with E-state index in [-0.39, 0.29) is 0 Å². The number of hydrogen-bond acceptors (Lipinski definition) is 8. The molecule has 30 aromatic rings. The highest BCUT2D eigenvalue weighted by Crippen LogP contribution is 2.51. The van der Waals surface area contributed by atoms with Gasteiger partial charge in [-0.2, -0.15) is 0 Å². The van der Waals surface area contributed by atoms with Crippen LogP contribution in [0, 0.1) is 0 Å². The molecule has 0 aliphatic carbocycles. The largest absolute Gasteiger partial charge is 0.309 e. The maximum atomic E-state index is 5.10. The fourth-order valence-electron chi connectivity index (χ4n) is 20.9. The fraction of sp³-hybridized carbons (Fsp3) is 0. The van der Waals surface area contributed by atoms with Crippen LogP contribution in [0.25, 0.3) is 258 Å². The summed E-state index contributed by atoms with van der Waals surface area (Å²) in [5, 5.41) is 22.3. The van der Waals surface area contributed by atoms with Crippen LogP contribution in [0.1, 0.15) is 0 Å². The number of aromatic nitrogens is 8. The van der Waals surface area contributed by atoms with Gasteiger partial charge in [0, 0.05) is 155 Å². The first-order chi connectivity index (χ1) is 69.4. The topological polar surface area (TPSA) is 71.3 Å².